The number of ether oxygens (including phenoxy) is 1. The highest BCUT2D eigenvalue weighted by Gasteiger charge is 2.31. The van der Waals surface area contributed by atoms with Gasteiger partial charge in [-0.1, -0.05) is 0 Å². The third kappa shape index (κ3) is 3.47. The number of esters is 1. The molecule has 0 bridgehead atoms. The normalized spacial score (nSPS) is 20.4. The number of urea groups is 1. The highest BCUT2D eigenvalue weighted by molar-refractivity contribution is 5.93. The number of methoxy groups -OCH3 is 1. The molecule has 0 saturated heterocycles. The average Bonchev–Trinajstić information content (AvgIpc) is 3.11. The van der Waals surface area contributed by atoms with E-state index in [-0.39, 0.29) is 24.0 Å². The van der Waals surface area contributed by atoms with Crippen molar-refractivity contribution in [3.8, 4) is 0 Å². The van der Waals surface area contributed by atoms with Crippen LogP contribution >= 0.6 is 0 Å². The van der Waals surface area contributed by atoms with Crippen molar-refractivity contribution in [3.63, 3.8) is 0 Å². The number of H-pyrrole nitrogens is 1. The molecule has 23 heavy (non-hydrogen) atoms. The van der Waals surface area contributed by atoms with Crippen LogP contribution in [-0.2, 0) is 9.53 Å². The van der Waals surface area contributed by atoms with Crippen LogP contribution in [0.15, 0.2) is 24.3 Å². The van der Waals surface area contributed by atoms with Crippen LogP contribution in [0.2, 0.25) is 0 Å². The molecule has 1 aliphatic rings. The molecule has 1 aromatic heterocycles. The van der Waals surface area contributed by atoms with E-state index in [4.69, 9.17) is 4.74 Å². The number of anilines is 1. The molecule has 0 aliphatic heterocycles. The first kappa shape index (κ1) is 15.4. The summed E-state index contributed by atoms with van der Waals surface area (Å²) in [4.78, 5) is 26.9. The standard InChI is InChI=1S/C17H21N3O3/c1-10-7-12-9-14(5-6-15(12)18-10)20-17(22)19-13-4-3-11(8-13)16(21)23-2/h5-7,9,11,13,18H,3-4,8H2,1-2H3,(H2,19,20,22)/t11-,13+/m0/s1. The number of aromatic nitrogens is 1. The zero-order valence-corrected chi connectivity index (χ0v) is 13.3. The number of carbonyl (C=O) groups is 2. The van der Waals surface area contributed by atoms with Crippen LogP contribution in [0, 0.1) is 12.8 Å². The van der Waals surface area contributed by atoms with Gasteiger partial charge in [0.1, 0.15) is 0 Å². The molecule has 0 unspecified atom stereocenters. The maximum Gasteiger partial charge on any atom is 0.319 e. The predicted molar refractivity (Wildman–Crippen MR) is 88.3 cm³/mol. The number of benzene rings is 1. The summed E-state index contributed by atoms with van der Waals surface area (Å²) < 4.78 is 4.76. The van der Waals surface area contributed by atoms with E-state index >= 15 is 0 Å². The highest BCUT2D eigenvalue weighted by Crippen LogP contribution is 2.26. The summed E-state index contributed by atoms with van der Waals surface area (Å²) in [7, 11) is 1.40. The monoisotopic (exact) mass is 315 g/mol. The van der Waals surface area contributed by atoms with E-state index in [1.165, 1.54) is 7.11 Å². The number of rotatable bonds is 3. The van der Waals surface area contributed by atoms with E-state index in [1.807, 2.05) is 31.2 Å². The van der Waals surface area contributed by atoms with Crippen LogP contribution in [-0.4, -0.2) is 30.1 Å². The van der Waals surface area contributed by atoms with Crippen molar-refractivity contribution >= 4 is 28.6 Å². The third-order valence-electron chi connectivity index (χ3n) is 4.32. The van der Waals surface area contributed by atoms with E-state index in [2.05, 4.69) is 15.6 Å². The van der Waals surface area contributed by atoms with E-state index in [1.54, 1.807) is 0 Å². The maximum absolute atomic E-state index is 12.1. The minimum absolute atomic E-state index is 0.0114. The Labute approximate surface area is 134 Å². The summed E-state index contributed by atoms with van der Waals surface area (Å²) in [5, 5.41) is 6.83. The zero-order chi connectivity index (χ0) is 16.4. The fraction of sp³-hybridized carbons (Fsp3) is 0.412. The van der Waals surface area contributed by atoms with Crippen molar-refractivity contribution in [2.24, 2.45) is 5.92 Å². The van der Waals surface area contributed by atoms with Crippen molar-refractivity contribution in [2.75, 3.05) is 12.4 Å². The Hall–Kier alpha value is -2.50. The molecule has 0 radical (unpaired) electrons. The quantitative estimate of drug-likeness (QED) is 0.762. The number of hydrogen-bond acceptors (Lipinski definition) is 3. The van der Waals surface area contributed by atoms with Crippen LogP contribution in [0.5, 0.6) is 0 Å². The summed E-state index contributed by atoms with van der Waals surface area (Å²) >= 11 is 0. The number of aromatic amines is 1. The molecule has 1 fully saturated rings. The second kappa shape index (κ2) is 6.32. The van der Waals surface area contributed by atoms with Gasteiger partial charge in [0.15, 0.2) is 0 Å². The topological polar surface area (TPSA) is 83.2 Å². The summed E-state index contributed by atoms with van der Waals surface area (Å²) in [6.45, 7) is 2.00. The fourth-order valence-corrected chi connectivity index (χ4v) is 3.20. The van der Waals surface area contributed by atoms with Gasteiger partial charge in [0.05, 0.1) is 13.0 Å². The lowest BCUT2D eigenvalue weighted by molar-refractivity contribution is -0.145. The van der Waals surface area contributed by atoms with Crippen LogP contribution in [0.1, 0.15) is 25.0 Å². The SMILES string of the molecule is COC(=O)[C@H]1CC[C@@H](NC(=O)Nc2ccc3[nH]c(C)cc3c2)C1. The maximum atomic E-state index is 12.1. The van der Waals surface area contributed by atoms with Gasteiger partial charge in [-0.15, -0.1) is 0 Å². The second-order valence-corrected chi connectivity index (χ2v) is 6.08. The number of nitrogens with one attached hydrogen (secondary N) is 3. The van der Waals surface area contributed by atoms with Crippen LogP contribution < -0.4 is 10.6 Å². The number of hydrogen-bond donors (Lipinski definition) is 3. The fourth-order valence-electron chi connectivity index (χ4n) is 3.20. The van der Waals surface area contributed by atoms with Gasteiger partial charge in [-0.3, -0.25) is 4.79 Å². The van der Waals surface area contributed by atoms with E-state index in [0.717, 1.165) is 35.1 Å². The summed E-state index contributed by atoms with van der Waals surface area (Å²) in [6, 6.07) is 7.55. The van der Waals surface area contributed by atoms with Crippen LogP contribution in [0.3, 0.4) is 0 Å². The summed E-state index contributed by atoms with van der Waals surface area (Å²) in [5.41, 5.74) is 2.88. The molecule has 0 spiro atoms. The van der Waals surface area contributed by atoms with E-state index in [0.29, 0.717) is 6.42 Å². The lowest BCUT2D eigenvalue weighted by Crippen LogP contribution is -2.36. The van der Waals surface area contributed by atoms with Gasteiger partial charge in [0, 0.05) is 28.3 Å². The summed E-state index contributed by atoms with van der Waals surface area (Å²) in [5.74, 6) is -0.299. The van der Waals surface area contributed by atoms with Crippen molar-refractivity contribution < 1.29 is 14.3 Å². The molecule has 3 N–H and O–H groups in total. The van der Waals surface area contributed by atoms with Crippen LogP contribution in [0.25, 0.3) is 10.9 Å². The van der Waals surface area contributed by atoms with E-state index in [9.17, 15) is 9.59 Å². The number of carbonyl (C=O) groups excluding carboxylic acids is 2. The average molecular weight is 315 g/mol. The Balaban J connectivity index is 1.57. The smallest absolute Gasteiger partial charge is 0.319 e. The van der Waals surface area contributed by atoms with E-state index < -0.39 is 0 Å². The molecule has 3 rings (SSSR count). The predicted octanol–water partition coefficient (Wildman–Crippen LogP) is 2.94. The summed E-state index contributed by atoms with van der Waals surface area (Å²) in [6.07, 6.45) is 2.19. The van der Waals surface area contributed by atoms with Gasteiger partial charge < -0.3 is 20.4 Å². The zero-order valence-electron chi connectivity index (χ0n) is 13.3. The van der Waals surface area contributed by atoms with Crippen LogP contribution in [0.4, 0.5) is 10.5 Å². The minimum Gasteiger partial charge on any atom is -0.469 e. The van der Waals surface area contributed by atoms with Crippen molar-refractivity contribution in [1.82, 2.24) is 10.3 Å². The largest absolute Gasteiger partial charge is 0.469 e. The van der Waals surface area contributed by atoms with Gasteiger partial charge in [-0.2, -0.15) is 0 Å². The molecular weight excluding hydrogens is 294 g/mol. The molecule has 1 saturated carbocycles. The Bertz CT molecular complexity index is 738. The van der Waals surface area contributed by atoms with Crippen molar-refractivity contribution in [1.29, 1.82) is 0 Å². The first-order chi connectivity index (χ1) is 11.0. The third-order valence-corrected chi connectivity index (χ3v) is 4.32. The lowest BCUT2D eigenvalue weighted by Gasteiger charge is -2.14. The molecule has 2 amide bonds. The first-order valence-electron chi connectivity index (χ1n) is 7.80. The number of aryl methyl sites for hydroxylation is 1. The number of amides is 2. The Kier molecular flexibility index (Phi) is 4.23. The Morgan fingerprint density at radius 1 is 1.26 bits per heavy atom. The molecule has 1 aromatic carbocycles. The molecule has 6 heteroatoms. The van der Waals surface area contributed by atoms with Gasteiger partial charge in [-0.05, 0) is 50.5 Å². The van der Waals surface area contributed by atoms with Crippen molar-refractivity contribution in [2.45, 2.75) is 32.2 Å². The molecule has 2 aromatic rings. The van der Waals surface area contributed by atoms with Gasteiger partial charge in [0.2, 0.25) is 0 Å². The minimum atomic E-state index is -0.243. The molecule has 2 atom stereocenters. The molecular formula is C17H21N3O3. The molecule has 6 nitrogen and oxygen atoms in total. The van der Waals surface area contributed by atoms with Gasteiger partial charge in [0.25, 0.3) is 0 Å². The second-order valence-electron chi connectivity index (χ2n) is 6.08. The molecule has 1 aliphatic carbocycles. The van der Waals surface area contributed by atoms with Gasteiger partial charge >= 0.3 is 12.0 Å². The Morgan fingerprint density at radius 3 is 2.87 bits per heavy atom. The molecule has 122 valence electrons. The Morgan fingerprint density at radius 2 is 2.09 bits per heavy atom. The lowest BCUT2D eigenvalue weighted by atomic mass is 10.1. The highest BCUT2D eigenvalue weighted by atomic mass is 16.5. The van der Waals surface area contributed by atoms with Crippen molar-refractivity contribution in [3.05, 3.63) is 30.0 Å². The number of fused-ring (bicyclic) bond motifs is 1. The first-order valence-corrected chi connectivity index (χ1v) is 7.80. The molecule has 1 heterocycles. The van der Waals surface area contributed by atoms with Gasteiger partial charge in [-0.25, -0.2) is 4.79 Å².